The Kier molecular flexibility index (Phi) is 0.875. The van der Waals surface area contributed by atoms with E-state index in [4.69, 9.17) is 0 Å². The van der Waals surface area contributed by atoms with Crippen LogP contribution in [0.15, 0.2) is 0 Å². The summed E-state index contributed by atoms with van der Waals surface area (Å²) in [4.78, 5) is 0. The van der Waals surface area contributed by atoms with Crippen molar-refractivity contribution in [3.8, 4) is 0 Å². The fraction of sp³-hybridized carbons (Fsp3) is 1.00. The molecule has 0 heterocycles. The molecule has 5 saturated carbocycles. The van der Waals surface area contributed by atoms with Crippen molar-refractivity contribution in [2.24, 2.45) is 35.0 Å². The van der Waals surface area contributed by atoms with Crippen LogP contribution >= 0.6 is 0 Å². The molecule has 0 aromatic rings. The van der Waals surface area contributed by atoms with Gasteiger partial charge in [0.25, 0.3) is 0 Å². The van der Waals surface area contributed by atoms with Crippen LogP contribution < -0.4 is 0 Å². The Bertz CT molecular complexity index is 226. The van der Waals surface area contributed by atoms with Gasteiger partial charge in [0.1, 0.15) is 0 Å². The molecule has 0 saturated heterocycles. The maximum atomic E-state index is 2.60. The zero-order valence-corrected chi connectivity index (χ0v) is 7.92. The molecular formula is C12H18. The molecule has 0 amide bonds. The average Bonchev–Trinajstić information content (AvgIpc) is 2.31. The zero-order chi connectivity index (χ0) is 7.92. The van der Waals surface area contributed by atoms with Gasteiger partial charge in [-0.15, -0.1) is 0 Å². The third-order valence-electron chi connectivity index (χ3n) is 5.76. The smallest absolute Gasteiger partial charge is 0.0289 e. The van der Waals surface area contributed by atoms with Gasteiger partial charge in [0.05, 0.1) is 0 Å². The molecule has 0 aromatic heterocycles. The van der Waals surface area contributed by atoms with Crippen molar-refractivity contribution in [2.75, 3.05) is 0 Å². The second-order valence-electron chi connectivity index (χ2n) is 6.34. The first-order chi connectivity index (χ1) is 5.76. The lowest BCUT2D eigenvalue weighted by molar-refractivity contribution is 0.0494. The van der Waals surface area contributed by atoms with Crippen molar-refractivity contribution in [1.82, 2.24) is 0 Å². The molecule has 5 fully saturated rings. The second-order valence-corrected chi connectivity index (χ2v) is 6.34. The van der Waals surface area contributed by atoms with Gasteiger partial charge in [-0.1, -0.05) is 6.92 Å². The summed E-state index contributed by atoms with van der Waals surface area (Å²) in [5, 5.41) is 0. The van der Waals surface area contributed by atoms with E-state index in [1.54, 1.807) is 32.1 Å². The van der Waals surface area contributed by atoms with Crippen LogP contribution in [0.4, 0.5) is 0 Å². The predicted octanol–water partition coefficient (Wildman–Crippen LogP) is 3.08. The minimum Gasteiger partial charge on any atom is -0.0593 e. The van der Waals surface area contributed by atoms with E-state index in [-0.39, 0.29) is 0 Å². The highest BCUT2D eigenvalue weighted by atomic mass is 14.7. The van der Waals surface area contributed by atoms with E-state index in [1.807, 2.05) is 0 Å². The van der Waals surface area contributed by atoms with E-state index in [9.17, 15) is 0 Å². The first kappa shape index (κ1) is 6.45. The third-order valence-corrected chi connectivity index (χ3v) is 5.76. The van der Waals surface area contributed by atoms with Crippen molar-refractivity contribution in [3.63, 3.8) is 0 Å². The standard InChI is InChI=1S/C12H18/c1-12-5-8-2-7-3-9(6-12)11(8)10(12)4-7/h7-11H,2-6H2,1H3. The van der Waals surface area contributed by atoms with Gasteiger partial charge in [0.15, 0.2) is 0 Å². The highest BCUT2D eigenvalue weighted by Crippen LogP contribution is 2.73. The number of hydrogen-bond donors (Lipinski definition) is 0. The summed E-state index contributed by atoms with van der Waals surface area (Å²) in [6, 6.07) is 0. The Labute approximate surface area is 74.7 Å². The quantitative estimate of drug-likeness (QED) is 0.513. The maximum absolute atomic E-state index is 2.60. The molecule has 5 rings (SSSR count). The van der Waals surface area contributed by atoms with E-state index in [2.05, 4.69) is 6.92 Å². The van der Waals surface area contributed by atoms with E-state index < -0.39 is 0 Å². The Morgan fingerprint density at radius 3 is 2.17 bits per heavy atom. The molecule has 12 heavy (non-hydrogen) atoms. The monoisotopic (exact) mass is 162 g/mol. The highest BCUT2D eigenvalue weighted by Gasteiger charge is 2.65. The van der Waals surface area contributed by atoms with Gasteiger partial charge in [-0.05, 0) is 67.1 Å². The molecule has 66 valence electrons. The lowest BCUT2D eigenvalue weighted by atomic mass is 9.61. The van der Waals surface area contributed by atoms with Crippen LogP contribution in [-0.2, 0) is 0 Å². The van der Waals surface area contributed by atoms with Crippen molar-refractivity contribution >= 4 is 0 Å². The Hall–Kier alpha value is 0. The third kappa shape index (κ3) is 0.506. The second kappa shape index (κ2) is 1.63. The fourth-order valence-electron chi connectivity index (χ4n) is 5.79. The SMILES string of the molecule is CC12CC3CC4CC(C1)C3C2C4. The van der Waals surface area contributed by atoms with Crippen LogP contribution in [0.25, 0.3) is 0 Å². The summed E-state index contributed by atoms with van der Waals surface area (Å²) in [5.41, 5.74) is 0.825. The molecule has 0 heteroatoms. The molecule has 5 aliphatic rings. The minimum absolute atomic E-state index is 0.825. The van der Waals surface area contributed by atoms with Gasteiger partial charge in [0.2, 0.25) is 0 Å². The van der Waals surface area contributed by atoms with Crippen LogP contribution in [-0.4, -0.2) is 0 Å². The first-order valence-electron chi connectivity index (χ1n) is 5.76. The largest absolute Gasteiger partial charge is 0.0593 e. The highest BCUT2D eigenvalue weighted by molar-refractivity contribution is 5.14. The van der Waals surface area contributed by atoms with Crippen LogP contribution in [0.5, 0.6) is 0 Å². The zero-order valence-electron chi connectivity index (χ0n) is 7.92. The first-order valence-corrected chi connectivity index (χ1v) is 5.76. The molecule has 3 atom stereocenters. The van der Waals surface area contributed by atoms with Crippen LogP contribution in [0.3, 0.4) is 0 Å². The predicted molar refractivity (Wildman–Crippen MR) is 48.6 cm³/mol. The summed E-state index contributed by atoms with van der Waals surface area (Å²) in [6.45, 7) is 2.60. The van der Waals surface area contributed by atoms with E-state index >= 15 is 0 Å². The molecule has 0 spiro atoms. The van der Waals surface area contributed by atoms with Gasteiger partial charge < -0.3 is 0 Å². The molecular weight excluding hydrogens is 144 g/mol. The van der Waals surface area contributed by atoms with Gasteiger partial charge in [0, 0.05) is 0 Å². The van der Waals surface area contributed by atoms with E-state index in [0.29, 0.717) is 0 Å². The summed E-state index contributed by atoms with van der Waals surface area (Å²) >= 11 is 0. The summed E-state index contributed by atoms with van der Waals surface area (Å²) in [5.74, 6) is 5.93. The Morgan fingerprint density at radius 2 is 1.67 bits per heavy atom. The van der Waals surface area contributed by atoms with Crippen LogP contribution in [0, 0.1) is 35.0 Å². The van der Waals surface area contributed by atoms with Crippen molar-refractivity contribution in [2.45, 2.75) is 39.0 Å². The topological polar surface area (TPSA) is 0 Å². The van der Waals surface area contributed by atoms with Gasteiger partial charge in [-0.3, -0.25) is 0 Å². The normalized spacial score (nSPS) is 71.2. The van der Waals surface area contributed by atoms with E-state index in [1.165, 1.54) is 29.6 Å². The fourth-order valence-corrected chi connectivity index (χ4v) is 5.79. The maximum Gasteiger partial charge on any atom is -0.0289 e. The molecule has 0 aliphatic heterocycles. The molecule has 0 N–H and O–H groups in total. The Morgan fingerprint density at radius 1 is 1.00 bits per heavy atom. The van der Waals surface area contributed by atoms with Crippen molar-refractivity contribution in [3.05, 3.63) is 0 Å². The van der Waals surface area contributed by atoms with Crippen LogP contribution in [0.2, 0.25) is 0 Å². The van der Waals surface area contributed by atoms with Gasteiger partial charge in [-0.25, -0.2) is 0 Å². The molecule has 0 nitrogen and oxygen atoms in total. The van der Waals surface area contributed by atoms with Crippen molar-refractivity contribution in [1.29, 1.82) is 0 Å². The average molecular weight is 162 g/mol. The lowest BCUT2D eigenvalue weighted by Crippen LogP contribution is -2.36. The van der Waals surface area contributed by atoms with E-state index in [0.717, 1.165) is 5.41 Å². The molecule has 5 aliphatic carbocycles. The van der Waals surface area contributed by atoms with Crippen molar-refractivity contribution < 1.29 is 0 Å². The van der Waals surface area contributed by atoms with Gasteiger partial charge >= 0.3 is 0 Å². The number of rotatable bonds is 0. The lowest BCUT2D eigenvalue weighted by Gasteiger charge is -2.44. The molecule has 3 unspecified atom stereocenters. The minimum atomic E-state index is 0.825. The summed E-state index contributed by atoms with van der Waals surface area (Å²) in [6.07, 6.45) is 8.07. The van der Waals surface area contributed by atoms with Gasteiger partial charge in [-0.2, -0.15) is 0 Å². The summed E-state index contributed by atoms with van der Waals surface area (Å²) < 4.78 is 0. The molecule has 0 radical (unpaired) electrons. The summed E-state index contributed by atoms with van der Waals surface area (Å²) in [7, 11) is 0. The van der Waals surface area contributed by atoms with Crippen LogP contribution in [0.1, 0.15) is 39.0 Å². The number of hydrogen-bond acceptors (Lipinski definition) is 0. The Balaban J connectivity index is 1.91. The molecule has 0 aromatic carbocycles. The molecule has 6 bridgehead atoms.